The maximum Gasteiger partial charge on any atom is 0.255 e. The summed E-state index contributed by atoms with van der Waals surface area (Å²) < 4.78 is 18.2. The van der Waals surface area contributed by atoms with Crippen LogP contribution < -0.4 is 11.5 Å². The minimum absolute atomic E-state index is 1.02. The molecule has 0 fully saturated rings. The van der Waals surface area contributed by atoms with Crippen molar-refractivity contribution in [3.63, 3.8) is 0 Å². The minimum Gasteiger partial charge on any atom is -0.403 e. The second-order valence-electron chi connectivity index (χ2n) is 3.86. The van der Waals surface area contributed by atoms with Gasteiger partial charge in [0.05, 0.1) is 0 Å². The second-order valence-corrected chi connectivity index (χ2v) is 8.32. The Bertz CT molecular complexity index is 242. The molecule has 0 aromatic carbocycles. The third kappa shape index (κ3) is 4.33. The van der Waals surface area contributed by atoms with Crippen LogP contribution in [-0.4, -0.2) is 32.4 Å². The highest BCUT2D eigenvalue weighted by atomic mass is 28.4. The summed E-state index contributed by atoms with van der Waals surface area (Å²) in [6.45, 7) is 5.24. The fourth-order valence-electron chi connectivity index (χ4n) is 0.792. The summed E-state index contributed by atoms with van der Waals surface area (Å²) in [6, 6.07) is 0. The molecule has 4 N–H and O–H groups in total. The van der Waals surface area contributed by atoms with Crippen molar-refractivity contribution in [1.82, 2.24) is 0 Å². The number of primary amides is 2. The Balaban J connectivity index is 4.62. The molecule has 82 valence electrons. The average Bonchev–Trinajstić information content (AvgIpc) is 1.96. The van der Waals surface area contributed by atoms with Gasteiger partial charge in [0.2, 0.25) is 12.1 Å². The van der Waals surface area contributed by atoms with Gasteiger partial charge in [-0.15, -0.1) is 0 Å². The quantitative estimate of drug-likeness (QED) is 0.615. The van der Waals surface area contributed by atoms with E-state index in [1.54, 1.807) is 19.6 Å². The molecule has 14 heavy (non-hydrogen) atoms. The largest absolute Gasteiger partial charge is 0.403 e. The van der Waals surface area contributed by atoms with Gasteiger partial charge in [0, 0.05) is 0 Å². The van der Waals surface area contributed by atoms with E-state index in [9.17, 15) is 14.0 Å². The SMILES string of the molecule is C[Si](C)(C)O[C@@H](C(N)=O)[C@@H](F)C(N)=O. The summed E-state index contributed by atoms with van der Waals surface area (Å²) in [4.78, 5) is 21.3. The van der Waals surface area contributed by atoms with Crippen molar-refractivity contribution < 1.29 is 18.4 Å². The predicted octanol–water partition coefficient (Wildman–Crippen LogP) is -0.485. The molecule has 0 aromatic rings. The number of carbonyl (C=O) groups is 2. The van der Waals surface area contributed by atoms with Crippen molar-refractivity contribution >= 4 is 20.1 Å². The van der Waals surface area contributed by atoms with Crippen molar-refractivity contribution in [1.29, 1.82) is 0 Å². The number of halogens is 1. The number of amides is 2. The number of nitrogens with two attached hydrogens (primary N) is 2. The topological polar surface area (TPSA) is 95.4 Å². The van der Waals surface area contributed by atoms with Gasteiger partial charge in [-0.25, -0.2) is 4.39 Å². The van der Waals surface area contributed by atoms with Crippen LogP contribution in [0.4, 0.5) is 4.39 Å². The van der Waals surface area contributed by atoms with Gasteiger partial charge in [0.25, 0.3) is 5.91 Å². The highest BCUT2D eigenvalue weighted by molar-refractivity contribution is 6.69. The lowest BCUT2D eigenvalue weighted by atomic mass is 10.2. The van der Waals surface area contributed by atoms with E-state index in [1.165, 1.54) is 0 Å². The summed E-state index contributed by atoms with van der Waals surface area (Å²) in [7, 11) is -2.14. The molecule has 5 nitrogen and oxygen atoms in total. The molecule has 0 spiro atoms. The number of alkyl halides is 1. The lowest BCUT2D eigenvalue weighted by molar-refractivity contribution is -0.136. The smallest absolute Gasteiger partial charge is 0.255 e. The zero-order chi connectivity index (χ0) is 11.5. The molecule has 0 aliphatic rings. The summed E-state index contributed by atoms with van der Waals surface area (Å²) in [6.07, 6.45) is -3.75. The molecule has 0 unspecified atom stereocenters. The van der Waals surface area contributed by atoms with Crippen LogP contribution in [-0.2, 0) is 14.0 Å². The third-order valence-corrected chi connectivity index (χ3v) is 2.26. The monoisotopic (exact) mass is 222 g/mol. The number of rotatable bonds is 5. The van der Waals surface area contributed by atoms with Crippen LogP contribution in [0.3, 0.4) is 0 Å². The highest BCUT2D eigenvalue weighted by Gasteiger charge is 2.35. The van der Waals surface area contributed by atoms with Gasteiger partial charge in [-0.1, -0.05) is 0 Å². The van der Waals surface area contributed by atoms with Crippen LogP contribution in [0, 0.1) is 0 Å². The Morgan fingerprint density at radius 1 is 1.21 bits per heavy atom. The number of hydrogen-bond donors (Lipinski definition) is 2. The fourth-order valence-corrected chi connectivity index (χ4v) is 1.79. The molecule has 0 aliphatic carbocycles. The number of carbonyl (C=O) groups excluding carboxylic acids is 2. The van der Waals surface area contributed by atoms with E-state index < -0.39 is 32.4 Å². The Labute approximate surface area is 82.7 Å². The first-order valence-electron chi connectivity index (χ1n) is 4.05. The van der Waals surface area contributed by atoms with E-state index in [0.717, 1.165) is 0 Å². The molecule has 0 saturated carbocycles. The van der Waals surface area contributed by atoms with Crippen LogP contribution in [0.2, 0.25) is 19.6 Å². The van der Waals surface area contributed by atoms with Gasteiger partial charge >= 0.3 is 0 Å². The van der Waals surface area contributed by atoms with Crippen molar-refractivity contribution in [2.24, 2.45) is 11.5 Å². The van der Waals surface area contributed by atoms with Gasteiger partial charge in [0.15, 0.2) is 14.4 Å². The standard InChI is InChI=1S/C7H15FN2O3Si/c1-14(2,3)13-5(7(10)12)4(8)6(9)11/h4-5H,1-3H3,(H2,9,11)(H2,10,12)/t4-,5-/m1/s1. The lowest BCUT2D eigenvalue weighted by Crippen LogP contribution is -2.49. The van der Waals surface area contributed by atoms with Crippen LogP contribution >= 0.6 is 0 Å². The molecular formula is C7H15FN2O3Si. The van der Waals surface area contributed by atoms with E-state index >= 15 is 0 Å². The van der Waals surface area contributed by atoms with Crippen molar-refractivity contribution in [2.75, 3.05) is 0 Å². The van der Waals surface area contributed by atoms with Gasteiger partial charge in [0.1, 0.15) is 0 Å². The van der Waals surface area contributed by atoms with Gasteiger partial charge in [-0.05, 0) is 19.6 Å². The van der Waals surface area contributed by atoms with Crippen LogP contribution in [0.5, 0.6) is 0 Å². The van der Waals surface area contributed by atoms with E-state index in [0.29, 0.717) is 0 Å². The van der Waals surface area contributed by atoms with Crippen molar-refractivity contribution in [2.45, 2.75) is 31.9 Å². The summed E-state index contributed by atoms with van der Waals surface area (Å²) >= 11 is 0. The maximum atomic E-state index is 13.1. The summed E-state index contributed by atoms with van der Waals surface area (Å²) in [5.41, 5.74) is 9.60. The van der Waals surface area contributed by atoms with Crippen molar-refractivity contribution in [3.05, 3.63) is 0 Å². The highest BCUT2D eigenvalue weighted by Crippen LogP contribution is 2.12. The maximum absolute atomic E-state index is 13.1. The Kier molecular flexibility index (Phi) is 4.21. The van der Waals surface area contributed by atoms with Gasteiger partial charge in [-0.3, -0.25) is 9.59 Å². The fraction of sp³-hybridized carbons (Fsp3) is 0.714. The zero-order valence-corrected chi connectivity index (χ0v) is 9.41. The molecule has 0 aliphatic heterocycles. The van der Waals surface area contributed by atoms with E-state index in [2.05, 4.69) is 0 Å². The minimum atomic E-state index is -2.18. The molecular weight excluding hydrogens is 207 g/mol. The average molecular weight is 222 g/mol. The van der Waals surface area contributed by atoms with E-state index in [4.69, 9.17) is 15.9 Å². The lowest BCUT2D eigenvalue weighted by Gasteiger charge is -2.25. The molecule has 0 heterocycles. The Morgan fingerprint density at radius 2 is 1.64 bits per heavy atom. The molecule has 2 amide bonds. The van der Waals surface area contributed by atoms with Crippen LogP contribution in [0.1, 0.15) is 0 Å². The third-order valence-electron chi connectivity index (χ3n) is 1.30. The van der Waals surface area contributed by atoms with Crippen LogP contribution in [0.15, 0.2) is 0 Å². The predicted molar refractivity (Wildman–Crippen MR) is 51.5 cm³/mol. The Hall–Kier alpha value is -0.953. The van der Waals surface area contributed by atoms with Gasteiger partial charge in [-0.2, -0.15) is 0 Å². The molecule has 0 aromatic heterocycles. The first-order valence-corrected chi connectivity index (χ1v) is 7.46. The number of hydrogen-bond acceptors (Lipinski definition) is 3. The first-order chi connectivity index (χ1) is 6.15. The normalized spacial score (nSPS) is 16.0. The molecule has 2 atom stereocenters. The molecule has 0 saturated heterocycles. The summed E-state index contributed by atoms with van der Waals surface area (Å²) in [5, 5.41) is 0. The molecule has 0 rings (SSSR count). The molecule has 0 radical (unpaired) electrons. The van der Waals surface area contributed by atoms with Crippen molar-refractivity contribution in [3.8, 4) is 0 Å². The molecule has 7 heteroatoms. The Morgan fingerprint density at radius 3 is 1.86 bits per heavy atom. The molecule has 0 bridgehead atoms. The van der Waals surface area contributed by atoms with E-state index in [1.807, 2.05) is 0 Å². The summed E-state index contributed by atoms with van der Waals surface area (Å²) in [5.74, 6) is -2.26. The van der Waals surface area contributed by atoms with Gasteiger partial charge < -0.3 is 15.9 Å². The van der Waals surface area contributed by atoms with E-state index in [-0.39, 0.29) is 0 Å². The zero-order valence-electron chi connectivity index (χ0n) is 8.41. The second kappa shape index (κ2) is 4.51. The van der Waals surface area contributed by atoms with Crippen LogP contribution in [0.25, 0.3) is 0 Å². The first kappa shape index (κ1) is 13.0.